The summed E-state index contributed by atoms with van der Waals surface area (Å²) in [4.78, 5) is 12.4. The summed E-state index contributed by atoms with van der Waals surface area (Å²) < 4.78 is 14.0. The molecular weight excluding hydrogens is 393 g/mol. The minimum absolute atomic E-state index is 0.0889. The fourth-order valence-electron chi connectivity index (χ4n) is 2.24. The Bertz CT molecular complexity index is 864. The Morgan fingerprint density at radius 3 is 2.46 bits per heavy atom. The molecule has 5 nitrogen and oxygen atoms in total. The molecule has 3 aromatic rings. The third-order valence-corrected chi connectivity index (χ3v) is 5.47. The molecule has 1 aliphatic heterocycles. The van der Waals surface area contributed by atoms with Crippen molar-refractivity contribution in [3.8, 4) is 22.0 Å². The average molecular weight is 410 g/mol. The quantitative estimate of drug-likeness (QED) is 0.621. The van der Waals surface area contributed by atoms with Crippen molar-refractivity contribution >= 4 is 46.1 Å². The molecule has 136 valence electrons. The molecule has 0 radical (unpaired) electrons. The molecule has 1 fully saturated rings. The molecule has 9 heteroatoms. The van der Waals surface area contributed by atoms with Gasteiger partial charge in [0.2, 0.25) is 5.13 Å². The van der Waals surface area contributed by atoms with Gasteiger partial charge in [-0.15, -0.1) is 22.7 Å². The first kappa shape index (κ1) is 19.1. The minimum Gasteiger partial charge on any atom is -0.304 e. The Hall–Kier alpha value is -1.71. The van der Waals surface area contributed by atoms with Gasteiger partial charge in [0.15, 0.2) is 5.82 Å². The first-order chi connectivity index (χ1) is 12.7. The molecule has 4 rings (SSSR count). The number of aliphatic imine (C=N–C) groups is 1. The van der Waals surface area contributed by atoms with E-state index in [2.05, 4.69) is 32.3 Å². The molecule has 26 heavy (non-hydrogen) atoms. The monoisotopic (exact) mass is 409 g/mol. The first-order valence-corrected chi connectivity index (χ1v) is 10.1. The summed E-state index contributed by atoms with van der Waals surface area (Å²) >= 11 is 8.51. The van der Waals surface area contributed by atoms with Gasteiger partial charge >= 0.3 is 0 Å². The van der Waals surface area contributed by atoms with Crippen molar-refractivity contribution in [2.45, 2.75) is 6.42 Å². The molecule has 0 unspecified atom stereocenters. The number of nitrogens with zero attached hydrogens (tertiary/aromatic N) is 3. The van der Waals surface area contributed by atoms with Crippen molar-refractivity contribution in [2.24, 2.45) is 4.99 Å². The van der Waals surface area contributed by atoms with Crippen LogP contribution in [0.15, 0.2) is 34.0 Å². The number of hydrogen-bond acceptors (Lipinski definition) is 7. The number of hydrogen-bond donors (Lipinski definition) is 2. The lowest BCUT2D eigenvalue weighted by atomic mass is 10.2. The largest absolute Gasteiger partial charge is 0.304 e. The molecule has 0 spiro atoms. The molecule has 0 amide bonds. The lowest BCUT2D eigenvalue weighted by Crippen LogP contribution is -2.37. The standard InChI is InChI=1S/C13H7ClFN3S2.C4H10N2/c1-16-13-18-10(6-20-13)9-5-19-12(17-9)7-3-2-4-8(14)11(7)15;1-2-5-4-6-3-1/h2-6H,1H2;5-6H,1-4H2. The molecule has 0 saturated carbocycles. The van der Waals surface area contributed by atoms with E-state index < -0.39 is 5.82 Å². The highest BCUT2D eigenvalue weighted by Crippen LogP contribution is 2.33. The van der Waals surface area contributed by atoms with Gasteiger partial charge in [-0.3, -0.25) is 0 Å². The predicted molar refractivity (Wildman–Crippen MR) is 108 cm³/mol. The molecule has 2 N–H and O–H groups in total. The van der Waals surface area contributed by atoms with E-state index in [0.29, 0.717) is 27.1 Å². The van der Waals surface area contributed by atoms with E-state index in [1.54, 1.807) is 12.1 Å². The van der Waals surface area contributed by atoms with Gasteiger partial charge in [0.25, 0.3) is 0 Å². The van der Waals surface area contributed by atoms with E-state index in [4.69, 9.17) is 11.6 Å². The molecular formula is C17H17ClFN5S2. The van der Waals surface area contributed by atoms with E-state index >= 15 is 0 Å². The lowest BCUT2D eigenvalue weighted by molar-refractivity contribution is 0.496. The highest BCUT2D eigenvalue weighted by Gasteiger charge is 2.14. The number of nitrogens with one attached hydrogen (secondary N) is 2. The molecule has 2 aromatic heterocycles. The lowest BCUT2D eigenvalue weighted by Gasteiger charge is -2.11. The van der Waals surface area contributed by atoms with Gasteiger partial charge in [-0.1, -0.05) is 17.7 Å². The van der Waals surface area contributed by atoms with E-state index in [1.165, 1.54) is 48.3 Å². The first-order valence-electron chi connectivity index (χ1n) is 7.93. The van der Waals surface area contributed by atoms with E-state index in [-0.39, 0.29) is 5.02 Å². The smallest absolute Gasteiger partial charge is 0.209 e. The zero-order chi connectivity index (χ0) is 18.4. The van der Waals surface area contributed by atoms with Crippen LogP contribution in [-0.2, 0) is 0 Å². The summed E-state index contributed by atoms with van der Waals surface area (Å²) in [6, 6.07) is 4.86. The van der Waals surface area contributed by atoms with Crippen LogP contribution >= 0.6 is 34.3 Å². The second kappa shape index (κ2) is 9.29. The zero-order valence-corrected chi connectivity index (χ0v) is 16.2. The van der Waals surface area contributed by atoms with Crippen LogP contribution in [-0.4, -0.2) is 36.4 Å². The van der Waals surface area contributed by atoms with Crippen molar-refractivity contribution in [1.29, 1.82) is 0 Å². The van der Waals surface area contributed by atoms with Crippen LogP contribution in [0.2, 0.25) is 5.02 Å². The Labute approximate surface area is 164 Å². The maximum Gasteiger partial charge on any atom is 0.209 e. The SMILES string of the molecule is C1CNCNC1.C=Nc1nc(-c2csc(-c3cccc(Cl)c3F)n2)cs1. The fraction of sp³-hybridized carbons (Fsp3) is 0.235. The summed E-state index contributed by atoms with van der Waals surface area (Å²) in [5.74, 6) is -0.457. The van der Waals surface area contributed by atoms with Gasteiger partial charge in [-0.2, -0.15) is 0 Å². The van der Waals surface area contributed by atoms with E-state index in [1.807, 2.05) is 10.8 Å². The van der Waals surface area contributed by atoms with Gasteiger partial charge in [0.05, 0.1) is 5.02 Å². The van der Waals surface area contributed by atoms with Crippen LogP contribution in [0.5, 0.6) is 0 Å². The topological polar surface area (TPSA) is 62.2 Å². The molecule has 0 atom stereocenters. The Morgan fingerprint density at radius 2 is 1.85 bits per heavy atom. The van der Waals surface area contributed by atoms with Crippen molar-refractivity contribution in [1.82, 2.24) is 20.6 Å². The van der Waals surface area contributed by atoms with Crippen molar-refractivity contribution in [3.63, 3.8) is 0 Å². The number of halogens is 2. The fourth-order valence-corrected chi connectivity index (χ4v) is 3.87. The van der Waals surface area contributed by atoms with Crippen LogP contribution in [0.3, 0.4) is 0 Å². The molecule has 1 aromatic carbocycles. The summed E-state index contributed by atoms with van der Waals surface area (Å²) in [6.07, 6.45) is 1.28. The van der Waals surface area contributed by atoms with Gasteiger partial charge in [-0.25, -0.2) is 19.4 Å². The maximum absolute atomic E-state index is 14.0. The van der Waals surface area contributed by atoms with E-state index in [9.17, 15) is 4.39 Å². The summed E-state index contributed by atoms with van der Waals surface area (Å²) in [5.41, 5.74) is 1.80. The maximum atomic E-state index is 14.0. The normalized spacial score (nSPS) is 13.8. The number of aromatic nitrogens is 2. The highest BCUT2D eigenvalue weighted by molar-refractivity contribution is 7.14. The van der Waals surface area contributed by atoms with Gasteiger partial charge in [-0.05, 0) is 38.4 Å². The zero-order valence-electron chi connectivity index (χ0n) is 13.8. The molecule has 0 aliphatic carbocycles. The van der Waals surface area contributed by atoms with Crippen LogP contribution in [0.4, 0.5) is 9.52 Å². The van der Waals surface area contributed by atoms with Gasteiger partial charge in [0.1, 0.15) is 16.4 Å². The summed E-state index contributed by atoms with van der Waals surface area (Å²) in [5, 5.41) is 11.3. The Kier molecular flexibility index (Phi) is 6.81. The van der Waals surface area contributed by atoms with Gasteiger partial charge < -0.3 is 10.6 Å². The predicted octanol–water partition coefficient (Wildman–Crippen LogP) is 4.59. The molecule has 3 heterocycles. The molecule has 1 saturated heterocycles. The second-order valence-electron chi connectivity index (χ2n) is 5.34. The number of benzene rings is 1. The second-order valence-corrected chi connectivity index (χ2v) is 7.44. The van der Waals surface area contributed by atoms with Crippen LogP contribution in [0.1, 0.15) is 6.42 Å². The summed E-state index contributed by atoms with van der Waals surface area (Å²) in [6.45, 7) is 6.80. The van der Waals surface area contributed by atoms with Crippen LogP contribution in [0.25, 0.3) is 22.0 Å². The van der Waals surface area contributed by atoms with Crippen molar-refractivity contribution in [3.05, 3.63) is 39.8 Å². The average Bonchev–Trinajstić information content (AvgIpc) is 3.35. The number of thiazole rings is 2. The minimum atomic E-state index is -0.457. The molecule has 1 aliphatic rings. The highest BCUT2D eigenvalue weighted by atomic mass is 35.5. The van der Waals surface area contributed by atoms with E-state index in [0.717, 1.165) is 6.67 Å². The van der Waals surface area contributed by atoms with Crippen LogP contribution < -0.4 is 10.6 Å². The molecule has 0 bridgehead atoms. The van der Waals surface area contributed by atoms with Gasteiger partial charge in [0, 0.05) is 23.0 Å². The Balaban J connectivity index is 0.000000278. The summed E-state index contributed by atoms with van der Waals surface area (Å²) in [7, 11) is 0. The van der Waals surface area contributed by atoms with Crippen molar-refractivity contribution in [2.75, 3.05) is 19.8 Å². The Morgan fingerprint density at radius 1 is 1.12 bits per heavy atom. The van der Waals surface area contributed by atoms with Crippen molar-refractivity contribution < 1.29 is 4.39 Å². The third kappa shape index (κ3) is 4.72. The third-order valence-electron chi connectivity index (χ3n) is 3.53. The van der Waals surface area contributed by atoms with Crippen LogP contribution in [0, 0.1) is 5.82 Å². The number of rotatable bonds is 3.